The Bertz CT molecular complexity index is 448. The number of rotatable bonds is 3. The normalized spacial score (nSPS) is 19.7. The van der Waals surface area contributed by atoms with Crippen LogP contribution in [0.2, 0.25) is 0 Å². The van der Waals surface area contributed by atoms with E-state index in [2.05, 4.69) is 16.8 Å². The SMILES string of the molecule is COc1cnc(N2CCCC(C)C2)cc1C(N)=O. The van der Waals surface area contributed by atoms with Crippen LogP contribution in [0.1, 0.15) is 30.1 Å². The van der Waals surface area contributed by atoms with E-state index in [0.717, 1.165) is 25.3 Å². The van der Waals surface area contributed by atoms with Gasteiger partial charge in [0.1, 0.15) is 11.6 Å². The van der Waals surface area contributed by atoms with Crippen molar-refractivity contribution in [2.24, 2.45) is 11.7 Å². The van der Waals surface area contributed by atoms with Gasteiger partial charge in [-0.25, -0.2) is 4.98 Å². The van der Waals surface area contributed by atoms with E-state index in [0.29, 0.717) is 17.2 Å². The number of methoxy groups -OCH3 is 1. The lowest BCUT2D eigenvalue weighted by atomic mass is 10.0. The number of pyridine rings is 1. The van der Waals surface area contributed by atoms with E-state index in [1.54, 1.807) is 12.3 Å². The summed E-state index contributed by atoms with van der Waals surface area (Å²) in [5.74, 6) is 1.40. The van der Waals surface area contributed by atoms with Gasteiger partial charge >= 0.3 is 0 Å². The van der Waals surface area contributed by atoms with Gasteiger partial charge in [0.2, 0.25) is 0 Å². The summed E-state index contributed by atoms with van der Waals surface area (Å²) in [4.78, 5) is 17.9. The topological polar surface area (TPSA) is 68.4 Å². The van der Waals surface area contributed by atoms with E-state index in [1.807, 2.05) is 0 Å². The number of aromatic nitrogens is 1. The van der Waals surface area contributed by atoms with Gasteiger partial charge in [-0.2, -0.15) is 0 Å². The molecule has 1 aromatic heterocycles. The van der Waals surface area contributed by atoms with Crippen LogP contribution in [0, 0.1) is 5.92 Å². The zero-order chi connectivity index (χ0) is 13.1. The zero-order valence-electron chi connectivity index (χ0n) is 10.8. The van der Waals surface area contributed by atoms with Crippen LogP contribution in [0.3, 0.4) is 0 Å². The fraction of sp³-hybridized carbons (Fsp3) is 0.538. The van der Waals surface area contributed by atoms with Gasteiger partial charge in [-0.05, 0) is 24.8 Å². The number of carbonyl (C=O) groups excluding carboxylic acids is 1. The van der Waals surface area contributed by atoms with E-state index < -0.39 is 5.91 Å². The molecule has 1 aliphatic rings. The molecule has 0 radical (unpaired) electrons. The minimum Gasteiger partial charge on any atom is -0.494 e. The summed E-state index contributed by atoms with van der Waals surface area (Å²) in [5, 5.41) is 0. The molecule has 5 heteroatoms. The Balaban J connectivity index is 2.28. The van der Waals surface area contributed by atoms with Crippen LogP contribution in [-0.4, -0.2) is 31.1 Å². The van der Waals surface area contributed by atoms with Crippen LogP contribution in [-0.2, 0) is 0 Å². The molecule has 98 valence electrons. The van der Waals surface area contributed by atoms with Crippen molar-refractivity contribution in [2.45, 2.75) is 19.8 Å². The quantitative estimate of drug-likeness (QED) is 0.879. The Labute approximate surface area is 107 Å². The number of carbonyl (C=O) groups is 1. The maximum absolute atomic E-state index is 11.4. The standard InChI is InChI=1S/C13H19N3O2/c1-9-4-3-5-16(8-9)12-6-10(13(14)17)11(18-2)7-15-12/h6-7,9H,3-5,8H2,1-2H3,(H2,14,17). The second-order valence-corrected chi connectivity index (χ2v) is 4.80. The zero-order valence-corrected chi connectivity index (χ0v) is 10.8. The molecule has 1 unspecified atom stereocenters. The lowest BCUT2D eigenvalue weighted by Crippen LogP contribution is -2.35. The summed E-state index contributed by atoms with van der Waals surface area (Å²) < 4.78 is 5.09. The Hall–Kier alpha value is -1.78. The van der Waals surface area contributed by atoms with Gasteiger partial charge in [0.05, 0.1) is 18.9 Å². The molecule has 1 aromatic rings. The molecule has 1 saturated heterocycles. The number of primary amides is 1. The number of amides is 1. The van der Waals surface area contributed by atoms with E-state index in [4.69, 9.17) is 10.5 Å². The summed E-state index contributed by atoms with van der Waals surface area (Å²) in [7, 11) is 1.51. The number of nitrogens with zero attached hydrogens (tertiary/aromatic N) is 2. The van der Waals surface area contributed by atoms with Crippen molar-refractivity contribution >= 4 is 11.7 Å². The van der Waals surface area contributed by atoms with Crippen molar-refractivity contribution in [1.82, 2.24) is 4.98 Å². The maximum Gasteiger partial charge on any atom is 0.252 e. The monoisotopic (exact) mass is 249 g/mol. The second kappa shape index (κ2) is 5.25. The third-order valence-corrected chi connectivity index (χ3v) is 3.32. The van der Waals surface area contributed by atoms with Gasteiger partial charge in [0.15, 0.2) is 0 Å². The minimum absolute atomic E-state index is 0.390. The van der Waals surface area contributed by atoms with Gasteiger partial charge in [0.25, 0.3) is 5.91 Å². The third-order valence-electron chi connectivity index (χ3n) is 3.32. The van der Waals surface area contributed by atoms with E-state index >= 15 is 0 Å². The lowest BCUT2D eigenvalue weighted by Gasteiger charge is -2.32. The van der Waals surface area contributed by atoms with Gasteiger partial charge in [0, 0.05) is 13.1 Å². The highest BCUT2D eigenvalue weighted by Gasteiger charge is 2.19. The number of hydrogen-bond donors (Lipinski definition) is 1. The molecule has 5 nitrogen and oxygen atoms in total. The summed E-state index contributed by atoms with van der Waals surface area (Å²) in [6, 6.07) is 1.72. The number of ether oxygens (including phenoxy) is 1. The molecule has 0 saturated carbocycles. The van der Waals surface area contributed by atoms with Crippen LogP contribution in [0.25, 0.3) is 0 Å². The highest BCUT2D eigenvalue weighted by Crippen LogP contribution is 2.25. The lowest BCUT2D eigenvalue weighted by molar-refractivity contribution is 0.0997. The number of anilines is 1. The molecule has 2 N–H and O–H groups in total. The molecule has 1 atom stereocenters. The fourth-order valence-electron chi connectivity index (χ4n) is 2.36. The van der Waals surface area contributed by atoms with Crippen molar-refractivity contribution in [3.8, 4) is 5.75 Å². The first-order valence-corrected chi connectivity index (χ1v) is 6.20. The molecule has 0 aliphatic carbocycles. The van der Waals surface area contributed by atoms with E-state index in [1.165, 1.54) is 13.5 Å². The van der Waals surface area contributed by atoms with Crippen molar-refractivity contribution in [1.29, 1.82) is 0 Å². The van der Waals surface area contributed by atoms with Crippen LogP contribution in [0.4, 0.5) is 5.82 Å². The summed E-state index contributed by atoms with van der Waals surface area (Å²) in [5.41, 5.74) is 5.74. The van der Waals surface area contributed by atoms with Crippen molar-refractivity contribution in [3.05, 3.63) is 17.8 Å². The predicted molar refractivity (Wildman–Crippen MR) is 69.9 cm³/mol. The molecule has 1 aliphatic heterocycles. The fourth-order valence-corrected chi connectivity index (χ4v) is 2.36. The molecule has 0 spiro atoms. The highest BCUT2D eigenvalue weighted by atomic mass is 16.5. The number of nitrogens with two attached hydrogens (primary N) is 1. The second-order valence-electron chi connectivity index (χ2n) is 4.80. The Morgan fingerprint density at radius 1 is 1.61 bits per heavy atom. The average molecular weight is 249 g/mol. The highest BCUT2D eigenvalue weighted by molar-refractivity contribution is 5.96. The number of piperidine rings is 1. The smallest absolute Gasteiger partial charge is 0.252 e. The number of hydrogen-bond acceptors (Lipinski definition) is 4. The van der Waals surface area contributed by atoms with E-state index in [9.17, 15) is 4.79 Å². The molecule has 0 bridgehead atoms. The Kier molecular flexibility index (Phi) is 3.69. The third kappa shape index (κ3) is 2.55. The van der Waals surface area contributed by atoms with Crippen LogP contribution in [0.15, 0.2) is 12.3 Å². The molecule has 1 fully saturated rings. The molecule has 2 heterocycles. The van der Waals surface area contributed by atoms with E-state index in [-0.39, 0.29) is 0 Å². The molecule has 1 amide bonds. The summed E-state index contributed by atoms with van der Waals surface area (Å²) in [6.45, 7) is 4.17. The van der Waals surface area contributed by atoms with Crippen molar-refractivity contribution in [3.63, 3.8) is 0 Å². The molecule has 0 aromatic carbocycles. The van der Waals surface area contributed by atoms with Crippen molar-refractivity contribution in [2.75, 3.05) is 25.1 Å². The van der Waals surface area contributed by atoms with Gasteiger partial charge < -0.3 is 15.4 Å². The Morgan fingerprint density at radius 2 is 2.39 bits per heavy atom. The molecule has 2 rings (SSSR count). The summed E-state index contributed by atoms with van der Waals surface area (Å²) >= 11 is 0. The van der Waals surface area contributed by atoms with Crippen LogP contribution >= 0.6 is 0 Å². The van der Waals surface area contributed by atoms with Gasteiger partial charge in [-0.15, -0.1) is 0 Å². The van der Waals surface area contributed by atoms with Gasteiger partial charge in [-0.1, -0.05) is 6.92 Å². The minimum atomic E-state index is -0.486. The predicted octanol–water partition coefficient (Wildman–Crippen LogP) is 1.43. The van der Waals surface area contributed by atoms with Crippen molar-refractivity contribution < 1.29 is 9.53 Å². The maximum atomic E-state index is 11.4. The van der Waals surface area contributed by atoms with Crippen LogP contribution in [0.5, 0.6) is 5.75 Å². The molecular weight excluding hydrogens is 230 g/mol. The summed E-state index contributed by atoms with van der Waals surface area (Å²) in [6.07, 6.45) is 3.96. The first kappa shape index (κ1) is 12.7. The largest absolute Gasteiger partial charge is 0.494 e. The average Bonchev–Trinajstić information content (AvgIpc) is 2.38. The van der Waals surface area contributed by atoms with Gasteiger partial charge in [-0.3, -0.25) is 4.79 Å². The first-order valence-electron chi connectivity index (χ1n) is 6.20. The molecular formula is C13H19N3O2. The first-order chi connectivity index (χ1) is 8.61. The van der Waals surface area contributed by atoms with Crippen LogP contribution < -0.4 is 15.4 Å². The molecule has 18 heavy (non-hydrogen) atoms. The Morgan fingerprint density at radius 3 is 3.00 bits per heavy atom.